The van der Waals surface area contributed by atoms with E-state index in [4.69, 9.17) is 4.74 Å². The van der Waals surface area contributed by atoms with Gasteiger partial charge in [0.25, 0.3) is 0 Å². The molecule has 0 aromatic carbocycles. The van der Waals surface area contributed by atoms with Gasteiger partial charge in [-0.1, -0.05) is 5.57 Å². The lowest BCUT2D eigenvalue weighted by molar-refractivity contribution is -0.135. The van der Waals surface area contributed by atoms with Gasteiger partial charge in [-0.25, -0.2) is 4.79 Å². The third kappa shape index (κ3) is 0.971. The fourth-order valence-corrected chi connectivity index (χ4v) is 2.00. The van der Waals surface area contributed by atoms with E-state index in [1.165, 1.54) is 12.0 Å². The summed E-state index contributed by atoms with van der Waals surface area (Å²) in [5, 5.41) is 0. The summed E-state index contributed by atoms with van der Waals surface area (Å²) in [4.78, 5) is 11.1. The Labute approximate surface area is 66.2 Å². The van der Waals surface area contributed by atoms with Crippen LogP contribution in [0.2, 0.25) is 0 Å². The second-order valence-electron chi connectivity index (χ2n) is 3.38. The standard InChI is InChI=1S/C9H12O2/c1-6-3-2-4-7-5-11-9(10)8(6)7/h7H,2-5H2,1H3. The van der Waals surface area contributed by atoms with Crippen molar-refractivity contribution in [2.75, 3.05) is 6.61 Å². The highest BCUT2D eigenvalue weighted by molar-refractivity contribution is 5.92. The highest BCUT2D eigenvalue weighted by Crippen LogP contribution is 2.34. The number of hydrogen-bond donors (Lipinski definition) is 0. The van der Waals surface area contributed by atoms with E-state index in [9.17, 15) is 4.79 Å². The normalized spacial score (nSPS) is 30.3. The van der Waals surface area contributed by atoms with Crippen LogP contribution in [0.1, 0.15) is 26.2 Å². The summed E-state index contributed by atoms with van der Waals surface area (Å²) in [7, 11) is 0. The number of hydrogen-bond acceptors (Lipinski definition) is 2. The van der Waals surface area contributed by atoms with Crippen molar-refractivity contribution < 1.29 is 9.53 Å². The molecule has 1 aliphatic heterocycles. The second-order valence-corrected chi connectivity index (χ2v) is 3.38. The predicted molar refractivity (Wildman–Crippen MR) is 41.0 cm³/mol. The van der Waals surface area contributed by atoms with Gasteiger partial charge in [0, 0.05) is 11.5 Å². The molecule has 60 valence electrons. The Hall–Kier alpha value is -0.790. The van der Waals surface area contributed by atoms with Crippen LogP contribution in [0.5, 0.6) is 0 Å². The molecule has 2 rings (SSSR count). The van der Waals surface area contributed by atoms with Crippen molar-refractivity contribution in [1.29, 1.82) is 0 Å². The first kappa shape index (κ1) is 6.89. The number of allylic oxidation sites excluding steroid dienone is 1. The van der Waals surface area contributed by atoms with Gasteiger partial charge >= 0.3 is 5.97 Å². The van der Waals surface area contributed by atoms with Crippen molar-refractivity contribution >= 4 is 5.97 Å². The average Bonchev–Trinajstić information content (AvgIpc) is 2.34. The van der Waals surface area contributed by atoms with E-state index in [1.807, 2.05) is 6.92 Å². The fourth-order valence-electron chi connectivity index (χ4n) is 2.00. The molecule has 0 N–H and O–H groups in total. The van der Waals surface area contributed by atoms with Crippen molar-refractivity contribution in [3.05, 3.63) is 11.1 Å². The molecule has 1 heterocycles. The van der Waals surface area contributed by atoms with Crippen molar-refractivity contribution in [3.63, 3.8) is 0 Å². The Bertz CT molecular complexity index is 228. The van der Waals surface area contributed by atoms with Crippen LogP contribution in [0.4, 0.5) is 0 Å². The van der Waals surface area contributed by atoms with E-state index in [2.05, 4.69) is 0 Å². The molecule has 2 heteroatoms. The number of rotatable bonds is 0. The van der Waals surface area contributed by atoms with Gasteiger partial charge in [0.05, 0.1) is 6.61 Å². The van der Waals surface area contributed by atoms with E-state index in [-0.39, 0.29) is 5.97 Å². The van der Waals surface area contributed by atoms with Crippen LogP contribution in [0.3, 0.4) is 0 Å². The minimum absolute atomic E-state index is 0.0628. The van der Waals surface area contributed by atoms with Crippen LogP contribution in [0.15, 0.2) is 11.1 Å². The maximum absolute atomic E-state index is 11.1. The van der Waals surface area contributed by atoms with E-state index in [0.29, 0.717) is 12.5 Å². The number of cyclic esters (lactones) is 1. The first-order valence-corrected chi connectivity index (χ1v) is 4.16. The zero-order valence-electron chi connectivity index (χ0n) is 6.72. The highest BCUT2D eigenvalue weighted by Gasteiger charge is 2.33. The number of carbonyl (C=O) groups excluding carboxylic acids is 1. The summed E-state index contributed by atoms with van der Waals surface area (Å²) in [6.45, 7) is 2.68. The van der Waals surface area contributed by atoms with Crippen molar-refractivity contribution in [2.45, 2.75) is 26.2 Å². The van der Waals surface area contributed by atoms with Gasteiger partial charge < -0.3 is 4.74 Å². The zero-order valence-corrected chi connectivity index (χ0v) is 6.72. The van der Waals surface area contributed by atoms with Gasteiger partial charge in [-0.2, -0.15) is 0 Å². The third-order valence-corrected chi connectivity index (χ3v) is 2.61. The fraction of sp³-hybridized carbons (Fsp3) is 0.667. The molecule has 2 nitrogen and oxygen atoms in total. The quantitative estimate of drug-likeness (QED) is 0.493. The second kappa shape index (κ2) is 2.36. The minimum atomic E-state index is -0.0628. The van der Waals surface area contributed by atoms with E-state index < -0.39 is 0 Å². The first-order valence-electron chi connectivity index (χ1n) is 4.16. The molecule has 1 saturated heterocycles. The summed E-state index contributed by atoms with van der Waals surface area (Å²) in [6, 6.07) is 0. The van der Waals surface area contributed by atoms with Crippen LogP contribution in [-0.4, -0.2) is 12.6 Å². The summed E-state index contributed by atoms with van der Waals surface area (Å²) < 4.78 is 4.97. The molecule has 1 fully saturated rings. The Morgan fingerprint density at radius 2 is 2.36 bits per heavy atom. The van der Waals surface area contributed by atoms with E-state index in [0.717, 1.165) is 18.4 Å². The Morgan fingerprint density at radius 3 is 3.09 bits per heavy atom. The molecule has 0 aromatic rings. The Kier molecular flexibility index (Phi) is 1.48. The summed E-state index contributed by atoms with van der Waals surface area (Å²) in [5.41, 5.74) is 2.24. The third-order valence-electron chi connectivity index (χ3n) is 2.61. The molecule has 1 aliphatic carbocycles. The molecule has 0 amide bonds. The van der Waals surface area contributed by atoms with Gasteiger partial charge in [0.15, 0.2) is 0 Å². The van der Waals surface area contributed by atoms with E-state index >= 15 is 0 Å². The van der Waals surface area contributed by atoms with Gasteiger partial charge in [-0.3, -0.25) is 0 Å². The van der Waals surface area contributed by atoms with Crippen LogP contribution < -0.4 is 0 Å². The summed E-state index contributed by atoms with van der Waals surface area (Å²) in [5.74, 6) is 0.364. The lowest BCUT2D eigenvalue weighted by atomic mass is 9.85. The SMILES string of the molecule is CC1=C2C(=O)OCC2CCC1. The van der Waals surface area contributed by atoms with Gasteiger partial charge in [0.2, 0.25) is 0 Å². The van der Waals surface area contributed by atoms with Crippen molar-refractivity contribution in [3.8, 4) is 0 Å². The first-order chi connectivity index (χ1) is 5.29. The average molecular weight is 152 g/mol. The predicted octanol–water partition coefficient (Wildman–Crippen LogP) is 1.66. The van der Waals surface area contributed by atoms with Crippen LogP contribution in [0, 0.1) is 5.92 Å². The molecule has 1 unspecified atom stereocenters. The molecular formula is C9H12O2. The highest BCUT2D eigenvalue weighted by atomic mass is 16.5. The molecule has 0 saturated carbocycles. The van der Waals surface area contributed by atoms with Crippen molar-refractivity contribution in [2.24, 2.45) is 5.92 Å². The zero-order chi connectivity index (χ0) is 7.84. The smallest absolute Gasteiger partial charge is 0.334 e. The Balaban J connectivity index is 2.37. The molecular weight excluding hydrogens is 140 g/mol. The molecule has 0 spiro atoms. The van der Waals surface area contributed by atoms with Gasteiger partial charge in [0.1, 0.15) is 0 Å². The van der Waals surface area contributed by atoms with Crippen molar-refractivity contribution in [1.82, 2.24) is 0 Å². The monoisotopic (exact) mass is 152 g/mol. The molecule has 0 radical (unpaired) electrons. The molecule has 11 heavy (non-hydrogen) atoms. The lowest BCUT2D eigenvalue weighted by Crippen LogP contribution is -2.10. The molecule has 0 aromatic heterocycles. The molecule has 0 bridgehead atoms. The maximum atomic E-state index is 11.1. The Morgan fingerprint density at radius 1 is 1.55 bits per heavy atom. The van der Waals surface area contributed by atoms with Crippen LogP contribution in [0.25, 0.3) is 0 Å². The largest absolute Gasteiger partial charge is 0.462 e. The summed E-state index contributed by atoms with van der Waals surface area (Å²) in [6.07, 6.45) is 3.44. The minimum Gasteiger partial charge on any atom is -0.462 e. The van der Waals surface area contributed by atoms with Crippen LogP contribution >= 0.6 is 0 Å². The number of esters is 1. The van der Waals surface area contributed by atoms with Crippen LogP contribution in [-0.2, 0) is 9.53 Å². The number of fused-ring (bicyclic) bond motifs is 1. The topological polar surface area (TPSA) is 26.3 Å². The van der Waals surface area contributed by atoms with E-state index in [1.54, 1.807) is 0 Å². The molecule has 1 atom stereocenters. The maximum Gasteiger partial charge on any atom is 0.334 e. The number of ether oxygens (including phenoxy) is 1. The lowest BCUT2D eigenvalue weighted by Gasteiger charge is -2.16. The van der Waals surface area contributed by atoms with Gasteiger partial charge in [-0.15, -0.1) is 0 Å². The number of carbonyl (C=O) groups is 1. The van der Waals surface area contributed by atoms with Gasteiger partial charge in [-0.05, 0) is 26.2 Å². The summed E-state index contributed by atoms with van der Waals surface area (Å²) >= 11 is 0. The molecule has 2 aliphatic rings.